The number of benzene rings is 1. The van der Waals surface area contributed by atoms with Gasteiger partial charge in [-0.3, -0.25) is 10.00 Å². The molecule has 0 spiro atoms. The van der Waals surface area contributed by atoms with E-state index in [9.17, 15) is 9.18 Å². The molecule has 0 saturated carbocycles. The van der Waals surface area contributed by atoms with E-state index in [1.807, 2.05) is 0 Å². The number of carbonyl (C=O) groups is 1. The van der Waals surface area contributed by atoms with E-state index in [4.69, 9.17) is 17.3 Å². The number of urea groups is 1. The Morgan fingerprint density at radius 3 is 2.79 bits per heavy atom. The molecule has 9 heteroatoms. The van der Waals surface area contributed by atoms with E-state index in [1.165, 1.54) is 16.8 Å². The molecule has 0 saturated heterocycles. The maximum absolute atomic E-state index is 14.4. The molecule has 24 heavy (non-hydrogen) atoms. The fraction of sp³-hybridized carbons (Fsp3) is 0.133. The van der Waals surface area contributed by atoms with E-state index in [0.717, 1.165) is 5.56 Å². The molecule has 0 fully saturated rings. The van der Waals surface area contributed by atoms with Crippen molar-refractivity contribution in [1.82, 2.24) is 19.6 Å². The first-order chi connectivity index (χ1) is 11.4. The minimum Gasteiger partial charge on any atom is -0.351 e. The zero-order valence-electron chi connectivity index (χ0n) is 12.9. The smallest absolute Gasteiger partial charge is 0.317 e. The number of primary amides is 1. The van der Waals surface area contributed by atoms with Gasteiger partial charge in [0, 0.05) is 24.4 Å². The van der Waals surface area contributed by atoms with Crippen molar-refractivity contribution in [3.63, 3.8) is 0 Å². The van der Waals surface area contributed by atoms with E-state index in [2.05, 4.69) is 15.5 Å². The number of aryl methyl sites for hydroxylation is 1. The number of nitrogens with one attached hydrogen (secondary N) is 1. The molecule has 3 aromatic rings. The lowest BCUT2D eigenvalue weighted by Gasteiger charge is -2.09. The van der Waals surface area contributed by atoms with Crippen molar-refractivity contribution >= 4 is 23.4 Å². The summed E-state index contributed by atoms with van der Waals surface area (Å²) in [5.41, 5.74) is 7.23. The van der Waals surface area contributed by atoms with Gasteiger partial charge in [0.2, 0.25) is 0 Å². The van der Waals surface area contributed by atoms with Crippen molar-refractivity contribution in [2.24, 2.45) is 12.8 Å². The summed E-state index contributed by atoms with van der Waals surface area (Å²) in [5, 5.41) is 11.0. The quantitative estimate of drug-likeness (QED) is 0.762. The second-order valence-corrected chi connectivity index (χ2v) is 5.61. The standard InChI is InChI=1S/C15H14ClFN6O/c1-8-13(9-6-19-22(2)7-9)21-23(14(8)20-15(18)24)11-5-3-4-10(16)12(11)17/h3-7H,1-2H3,(H3,18,20,24). The molecule has 0 aliphatic rings. The predicted molar refractivity (Wildman–Crippen MR) is 88.7 cm³/mol. The summed E-state index contributed by atoms with van der Waals surface area (Å²) in [6.45, 7) is 1.75. The van der Waals surface area contributed by atoms with Crippen LogP contribution in [0, 0.1) is 12.7 Å². The highest BCUT2D eigenvalue weighted by Gasteiger charge is 2.21. The second kappa shape index (κ2) is 5.97. The Bertz CT molecular complexity index is 932. The first-order valence-electron chi connectivity index (χ1n) is 6.98. The third-order valence-corrected chi connectivity index (χ3v) is 3.79. The molecular weight excluding hydrogens is 335 g/mol. The van der Waals surface area contributed by atoms with Crippen molar-refractivity contribution in [3.05, 3.63) is 47.0 Å². The molecule has 0 aliphatic carbocycles. The fourth-order valence-electron chi connectivity index (χ4n) is 2.41. The average molecular weight is 349 g/mol. The summed E-state index contributed by atoms with van der Waals surface area (Å²) in [7, 11) is 1.77. The van der Waals surface area contributed by atoms with Gasteiger partial charge < -0.3 is 5.73 Å². The minimum absolute atomic E-state index is 0.0476. The van der Waals surface area contributed by atoms with Crippen molar-refractivity contribution in [1.29, 1.82) is 0 Å². The number of amides is 2. The van der Waals surface area contributed by atoms with Crippen molar-refractivity contribution in [3.8, 4) is 16.9 Å². The van der Waals surface area contributed by atoms with Gasteiger partial charge in [0.15, 0.2) is 5.82 Å². The van der Waals surface area contributed by atoms with Crippen LogP contribution in [-0.4, -0.2) is 25.6 Å². The van der Waals surface area contributed by atoms with Crippen LogP contribution < -0.4 is 11.1 Å². The summed E-state index contributed by atoms with van der Waals surface area (Å²) < 4.78 is 17.3. The Labute approximate surface area is 141 Å². The molecule has 1 aromatic carbocycles. The van der Waals surface area contributed by atoms with Gasteiger partial charge in [-0.25, -0.2) is 13.9 Å². The molecule has 0 bridgehead atoms. The first kappa shape index (κ1) is 16.0. The monoisotopic (exact) mass is 348 g/mol. The Balaban J connectivity index is 2.24. The van der Waals surface area contributed by atoms with Gasteiger partial charge in [0.25, 0.3) is 0 Å². The number of nitrogens with zero attached hydrogens (tertiary/aromatic N) is 4. The Morgan fingerprint density at radius 2 is 2.17 bits per heavy atom. The Kier molecular flexibility index (Phi) is 3.98. The van der Waals surface area contributed by atoms with Gasteiger partial charge in [-0.2, -0.15) is 10.2 Å². The van der Waals surface area contributed by atoms with E-state index >= 15 is 0 Å². The summed E-state index contributed by atoms with van der Waals surface area (Å²) in [6.07, 6.45) is 3.39. The average Bonchev–Trinajstić information content (AvgIpc) is 3.07. The lowest BCUT2D eigenvalue weighted by Crippen LogP contribution is -2.22. The van der Waals surface area contributed by atoms with Gasteiger partial charge in [-0.15, -0.1) is 0 Å². The van der Waals surface area contributed by atoms with Crippen LogP contribution in [0.15, 0.2) is 30.6 Å². The largest absolute Gasteiger partial charge is 0.351 e. The number of anilines is 1. The normalized spacial score (nSPS) is 10.8. The highest BCUT2D eigenvalue weighted by molar-refractivity contribution is 6.30. The molecule has 0 atom stereocenters. The molecule has 124 valence electrons. The summed E-state index contributed by atoms with van der Waals surface area (Å²) in [4.78, 5) is 11.3. The van der Waals surface area contributed by atoms with E-state index < -0.39 is 11.8 Å². The van der Waals surface area contributed by atoms with Gasteiger partial charge in [-0.05, 0) is 19.1 Å². The number of hydrogen-bond acceptors (Lipinski definition) is 3. The molecule has 2 aromatic heterocycles. The zero-order valence-corrected chi connectivity index (χ0v) is 13.7. The van der Waals surface area contributed by atoms with Crippen LogP contribution in [0.4, 0.5) is 15.0 Å². The van der Waals surface area contributed by atoms with Crippen LogP contribution in [0.25, 0.3) is 16.9 Å². The molecule has 7 nitrogen and oxygen atoms in total. The van der Waals surface area contributed by atoms with Crippen LogP contribution in [0.3, 0.4) is 0 Å². The van der Waals surface area contributed by atoms with Crippen LogP contribution in [0.1, 0.15) is 5.56 Å². The van der Waals surface area contributed by atoms with Crippen molar-refractivity contribution < 1.29 is 9.18 Å². The number of halogens is 2. The highest BCUT2D eigenvalue weighted by atomic mass is 35.5. The Hall–Kier alpha value is -2.87. The molecule has 3 rings (SSSR count). The molecular formula is C15H14ClFN6O. The summed E-state index contributed by atoms with van der Waals surface area (Å²) in [6, 6.07) is 3.75. The molecule has 0 unspecified atom stereocenters. The third kappa shape index (κ3) is 2.71. The highest BCUT2D eigenvalue weighted by Crippen LogP contribution is 2.32. The predicted octanol–water partition coefficient (Wildman–Crippen LogP) is 2.86. The van der Waals surface area contributed by atoms with Crippen LogP contribution in [-0.2, 0) is 7.05 Å². The first-order valence-corrected chi connectivity index (χ1v) is 7.35. The van der Waals surface area contributed by atoms with Crippen LogP contribution >= 0.6 is 11.6 Å². The van der Waals surface area contributed by atoms with E-state index in [-0.39, 0.29) is 16.5 Å². The van der Waals surface area contributed by atoms with Gasteiger partial charge in [-0.1, -0.05) is 17.7 Å². The number of rotatable bonds is 3. The van der Waals surface area contributed by atoms with Crippen LogP contribution in [0.5, 0.6) is 0 Å². The lowest BCUT2D eigenvalue weighted by atomic mass is 10.1. The van der Waals surface area contributed by atoms with Gasteiger partial charge in [0.1, 0.15) is 17.2 Å². The number of nitrogens with two attached hydrogens (primary N) is 1. The number of hydrogen-bond donors (Lipinski definition) is 2. The fourth-order valence-corrected chi connectivity index (χ4v) is 2.58. The van der Waals surface area contributed by atoms with Gasteiger partial charge >= 0.3 is 6.03 Å². The van der Waals surface area contributed by atoms with E-state index in [0.29, 0.717) is 11.3 Å². The Morgan fingerprint density at radius 1 is 1.42 bits per heavy atom. The van der Waals surface area contributed by atoms with Gasteiger partial charge in [0.05, 0.1) is 11.2 Å². The SMILES string of the molecule is Cc1c(-c2cnn(C)c2)nn(-c2cccc(Cl)c2F)c1NC(N)=O. The second-order valence-electron chi connectivity index (χ2n) is 5.20. The molecule has 2 amide bonds. The summed E-state index contributed by atoms with van der Waals surface area (Å²) in [5.74, 6) is -0.380. The molecule has 2 heterocycles. The van der Waals surface area contributed by atoms with Crippen molar-refractivity contribution in [2.45, 2.75) is 6.92 Å². The van der Waals surface area contributed by atoms with Crippen molar-refractivity contribution in [2.75, 3.05) is 5.32 Å². The molecule has 0 aliphatic heterocycles. The van der Waals surface area contributed by atoms with Crippen LogP contribution in [0.2, 0.25) is 5.02 Å². The minimum atomic E-state index is -0.778. The number of aromatic nitrogens is 4. The third-order valence-electron chi connectivity index (χ3n) is 3.50. The summed E-state index contributed by atoms with van der Waals surface area (Å²) >= 11 is 5.85. The maximum atomic E-state index is 14.4. The maximum Gasteiger partial charge on any atom is 0.317 e. The lowest BCUT2D eigenvalue weighted by molar-refractivity contribution is 0.259. The zero-order chi connectivity index (χ0) is 17.4. The molecule has 3 N–H and O–H groups in total. The molecule has 0 radical (unpaired) electrons. The number of carbonyl (C=O) groups excluding carboxylic acids is 1. The van der Waals surface area contributed by atoms with E-state index in [1.54, 1.807) is 37.1 Å². The topological polar surface area (TPSA) is 90.8 Å².